The molecule has 1 aromatic heterocycles. The largest absolute Gasteiger partial charge is 0.411 e. The van der Waals surface area contributed by atoms with Crippen molar-refractivity contribution in [2.75, 3.05) is 0 Å². The first-order chi connectivity index (χ1) is 9.13. The number of oxime groups is 1. The van der Waals surface area contributed by atoms with Crippen LogP contribution < -0.4 is 0 Å². The molecule has 0 fully saturated rings. The average Bonchev–Trinajstić information content (AvgIpc) is 2.37. The van der Waals surface area contributed by atoms with E-state index >= 15 is 0 Å². The van der Waals surface area contributed by atoms with Gasteiger partial charge >= 0.3 is 0 Å². The van der Waals surface area contributed by atoms with Crippen molar-refractivity contribution in [2.45, 2.75) is 40.0 Å². The van der Waals surface area contributed by atoms with Gasteiger partial charge in [-0.25, -0.2) is 0 Å². The summed E-state index contributed by atoms with van der Waals surface area (Å²) in [7, 11) is 0. The van der Waals surface area contributed by atoms with Gasteiger partial charge in [0, 0.05) is 18.2 Å². The van der Waals surface area contributed by atoms with Crippen molar-refractivity contribution in [3.63, 3.8) is 0 Å². The van der Waals surface area contributed by atoms with Gasteiger partial charge in [-0.3, -0.25) is 4.98 Å². The van der Waals surface area contributed by atoms with Crippen molar-refractivity contribution in [3.8, 4) is 0 Å². The van der Waals surface area contributed by atoms with Crippen LogP contribution in [0.4, 0.5) is 0 Å². The summed E-state index contributed by atoms with van der Waals surface area (Å²) in [6.07, 6.45) is 10.5. The molecular formula is C16H22N2O. The minimum atomic E-state index is 0.767. The predicted octanol–water partition coefficient (Wildman–Crippen LogP) is 4.12. The van der Waals surface area contributed by atoms with Crippen LogP contribution in [0.1, 0.15) is 44.9 Å². The molecule has 19 heavy (non-hydrogen) atoms. The first-order valence-electron chi connectivity index (χ1n) is 6.53. The minimum absolute atomic E-state index is 0.767. The highest BCUT2D eigenvalue weighted by Gasteiger charge is 1.99. The molecule has 0 unspecified atom stereocenters. The maximum absolute atomic E-state index is 8.61. The number of rotatable bonds is 6. The lowest BCUT2D eigenvalue weighted by Crippen LogP contribution is -1.95. The molecule has 1 heterocycles. The van der Waals surface area contributed by atoms with Crippen LogP contribution >= 0.6 is 0 Å². The third-order valence-corrected chi connectivity index (χ3v) is 2.86. The van der Waals surface area contributed by atoms with Gasteiger partial charge in [-0.1, -0.05) is 28.5 Å². The molecule has 1 aromatic rings. The van der Waals surface area contributed by atoms with Gasteiger partial charge < -0.3 is 5.21 Å². The number of aromatic nitrogens is 1. The van der Waals surface area contributed by atoms with Crippen LogP contribution in [0.3, 0.4) is 0 Å². The lowest BCUT2D eigenvalue weighted by molar-refractivity contribution is 0.322. The van der Waals surface area contributed by atoms with Crippen molar-refractivity contribution >= 4 is 6.21 Å². The Hall–Kier alpha value is -1.90. The Morgan fingerprint density at radius 3 is 2.79 bits per heavy atom. The number of nitrogens with zero attached hydrogens (tertiary/aromatic N) is 2. The van der Waals surface area contributed by atoms with E-state index in [9.17, 15) is 0 Å². The molecule has 0 amide bonds. The summed E-state index contributed by atoms with van der Waals surface area (Å²) < 4.78 is 0. The molecule has 0 radical (unpaired) electrons. The Balaban J connectivity index is 2.62. The van der Waals surface area contributed by atoms with Crippen molar-refractivity contribution in [1.82, 2.24) is 4.98 Å². The second kappa shape index (κ2) is 8.25. The molecule has 1 N–H and O–H groups in total. The second-order valence-corrected chi connectivity index (χ2v) is 4.86. The summed E-state index contributed by atoms with van der Waals surface area (Å²) in [5, 5.41) is 11.7. The van der Waals surface area contributed by atoms with E-state index in [2.05, 4.69) is 43.1 Å². The summed E-state index contributed by atoms with van der Waals surface area (Å²) in [5.74, 6) is 0. The molecule has 0 aliphatic rings. The number of hydrogen-bond acceptors (Lipinski definition) is 3. The normalized spacial score (nSPS) is 11.8. The molecule has 1 rings (SSSR count). The van der Waals surface area contributed by atoms with Crippen molar-refractivity contribution < 1.29 is 5.21 Å². The Bertz CT molecular complexity index is 483. The molecule has 3 nitrogen and oxygen atoms in total. The molecule has 0 aromatic carbocycles. The van der Waals surface area contributed by atoms with Crippen LogP contribution in [0.15, 0.2) is 46.8 Å². The summed E-state index contributed by atoms with van der Waals surface area (Å²) >= 11 is 0. The fourth-order valence-corrected chi connectivity index (χ4v) is 1.76. The lowest BCUT2D eigenvalue weighted by atomic mass is 10.1. The summed E-state index contributed by atoms with van der Waals surface area (Å²) in [4.78, 5) is 4.32. The zero-order valence-corrected chi connectivity index (χ0v) is 11.9. The van der Waals surface area contributed by atoms with Crippen LogP contribution in [0, 0.1) is 0 Å². The van der Waals surface area contributed by atoms with Gasteiger partial charge in [0.1, 0.15) is 0 Å². The maximum Gasteiger partial charge on any atom is 0.0752 e. The zero-order chi connectivity index (χ0) is 14.1. The van der Waals surface area contributed by atoms with Gasteiger partial charge in [0.2, 0.25) is 0 Å². The molecule has 0 spiro atoms. The van der Waals surface area contributed by atoms with Gasteiger partial charge in [-0.2, -0.15) is 0 Å². The SMILES string of the molecule is CC(C)=CCC/C(C)=C/Cc1ncccc1C=NO. The maximum atomic E-state index is 8.61. The fourth-order valence-electron chi connectivity index (χ4n) is 1.76. The number of hydrogen-bond donors (Lipinski definition) is 1. The molecule has 3 heteroatoms. The van der Waals surface area contributed by atoms with E-state index in [0.717, 1.165) is 30.5 Å². The molecule has 0 bridgehead atoms. The summed E-state index contributed by atoms with van der Waals surface area (Å²) in [5.41, 5.74) is 4.51. The molecule has 0 saturated carbocycles. The third kappa shape index (κ3) is 6.00. The van der Waals surface area contributed by atoms with E-state index in [1.807, 2.05) is 12.1 Å². The van der Waals surface area contributed by atoms with Gasteiger partial charge in [-0.15, -0.1) is 0 Å². The third-order valence-electron chi connectivity index (χ3n) is 2.86. The van der Waals surface area contributed by atoms with Crippen LogP contribution in [0.2, 0.25) is 0 Å². The monoisotopic (exact) mass is 258 g/mol. The van der Waals surface area contributed by atoms with E-state index in [4.69, 9.17) is 5.21 Å². The van der Waals surface area contributed by atoms with Crippen LogP contribution in [-0.4, -0.2) is 16.4 Å². The quantitative estimate of drug-likeness (QED) is 0.361. The Labute approximate surface area is 115 Å². The highest BCUT2D eigenvalue weighted by molar-refractivity contribution is 5.80. The van der Waals surface area contributed by atoms with Gasteiger partial charge in [-0.05, 0) is 45.7 Å². The summed E-state index contributed by atoms with van der Waals surface area (Å²) in [6.45, 7) is 6.38. The molecule has 0 saturated heterocycles. The van der Waals surface area contributed by atoms with Crippen molar-refractivity contribution in [1.29, 1.82) is 0 Å². The molecule has 0 aliphatic carbocycles. The first-order valence-corrected chi connectivity index (χ1v) is 6.53. The number of allylic oxidation sites excluding steroid dienone is 4. The Morgan fingerprint density at radius 1 is 1.32 bits per heavy atom. The van der Waals surface area contributed by atoms with E-state index in [1.165, 1.54) is 17.4 Å². The standard InChI is InChI=1S/C16H22N2O/c1-13(2)6-4-7-14(3)9-10-16-15(12-18-19)8-5-11-17-16/h5-6,8-9,11-12,19H,4,7,10H2,1-3H3/b14-9+,18-12?. The van der Waals surface area contributed by atoms with Gasteiger partial charge in [0.05, 0.1) is 11.9 Å². The van der Waals surface area contributed by atoms with Crippen molar-refractivity contribution in [3.05, 3.63) is 52.9 Å². The van der Waals surface area contributed by atoms with E-state index in [0.29, 0.717) is 0 Å². The van der Waals surface area contributed by atoms with Crippen LogP contribution in [-0.2, 0) is 6.42 Å². The molecule has 0 aliphatic heterocycles. The smallest absolute Gasteiger partial charge is 0.0752 e. The first kappa shape index (κ1) is 15.2. The van der Waals surface area contributed by atoms with Crippen LogP contribution in [0.25, 0.3) is 0 Å². The second-order valence-electron chi connectivity index (χ2n) is 4.86. The molecule has 0 atom stereocenters. The lowest BCUT2D eigenvalue weighted by Gasteiger charge is -2.02. The number of pyridine rings is 1. The van der Waals surface area contributed by atoms with E-state index in [-0.39, 0.29) is 0 Å². The van der Waals surface area contributed by atoms with E-state index in [1.54, 1.807) is 6.20 Å². The predicted molar refractivity (Wildman–Crippen MR) is 79.7 cm³/mol. The topological polar surface area (TPSA) is 45.5 Å². The van der Waals surface area contributed by atoms with Crippen molar-refractivity contribution in [2.24, 2.45) is 5.16 Å². The fraction of sp³-hybridized carbons (Fsp3) is 0.375. The Morgan fingerprint density at radius 2 is 2.11 bits per heavy atom. The van der Waals surface area contributed by atoms with Crippen LogP contribution in [0.5, 0.6) is 0 Å². The Kier molecular flexibility index (Phi) is 6.58. The molecule has 102 valence electrons. The molecular weight excluding hydrogens is 236 g/mol. The highest BCUT2D eigenvalue weighted by atomic mass is 16.4. The van der Waals surface area contributed by atoms with Gasteiger partial charge in [0.25, 0.3) is 0 Å². The zero-order valence-electron chi connectivity index (χ0n) is 11.9. The highest BCUT2D eigenvalue weighted by Crippen LogP contribution is 2.10. The van der Waals surface area contributed by atoms with Gasteiger partial charge in [0.15, 0.2) is 0 Å². The average molecular weight is 258 g/mol. The van der Waals surface area contributed by atoms with E-state index < -0.39 is 0 Å². The minimum Gasteiger partial charge on any atom is -0.411 e. The summed E-state index contributed by atoms with van der Waals surface area (Å²) in [6, 6.07) is 3.74.